The summed E-state index contributed by atoms with van der Waals surface area (Å²) in [6, 6.07) is 96.2. The average Bonchev–Trinajstić information content (AvgIpc) is 3.97. The van der Waals surface area contributed by atoms with Gasteiger partial charge in [0.15, 0.2) is 0 Å². The molecule has 0 N–H and O–H groups in total. The molecule has 0 amide bonds. The van der Waals surface area contributed by atoms with Gasteiger partial charge in [0.05, 0.1) is 0 Å². The number of nitrogens with zero attached hydrogens (tertiary/aromatic N) is 1. The molecule has 0 spiro atoms. The predicted octanol–water partition coefficient (Wildman–Crippen LogP) is 17.8. The smallest absolute Gasteiger partial charge is 0.0544 e. The van der Waals surface area contributed by atoms with Crippen LogP contribution in [0.3, 0.4) is 0 Å². The van der Waals surface area contributed by atoms with E-state index < -0.39 is 0 Å². The van der Waals surface area contributed by atoms with Gasteiger partial charge in [-0.05, 0) is 40.5 Å². The van der Waals surface area contributed by atoms with Gasteiger partial charge in [0.2, 0.25) is 0 Å². The van der Waals surface area contributed by atoms with Crippen LogP contribution < -0.4 is 0 Å². The van der Waals surface area contributed by atoms with Crippen LogP contribution in [0, 0.1) is 0 Å². The van der Waals surface area contributed by atoms with Crippen LogP contribution in [0.4, 0.5) is 0 Å². The molecule has 13 aromatic rings. The van der Waals surface area contributed by atoms with Gasteiger partial charge in [-0.25, -0.2) is 0 Å². The molecule has 0 unspecified atom stereocenters. The summed E-state index contributed by atoms with van der Waals surface area (Å²) in [7, 11) is 0. The van der Waals surface area contributed by atoms with Crippen molar-refractivity contribution < 1.29 is 0 Å². The van der Waals surface area contributed by atoms with Crippen molar-refractivity contribution in [2.24, 2.45) is 0 Å². The molecule has 0 bridgehead atoms. The molecule has 0 atom stereocenters. The summed E-state index contributed by atoms with van der Waals surface area (Å²) in [6.45, 7) is 0. The first kappa shape index (κ1) is 40.1. The second kappa shape index (κ2) is 16.9. The Bertz CT molecular complexity index is 3960. The zero-order valence-electron chi connectivity index (χ0n) is 37.2. The summed E-state index contributed by atoms with van der Waals surface area (Å²) in [5.74, 6) is 0. The molecule has 318 valence electrons. The molecule has 13 rings (SSSR count). The van der Waals surface area contributed by atoms with E-state index in [1.807, 2.05) is 0 Å². The van der Waals surface area contributed by atoms with Crippen molar-refractivity contribution in [1.82, 2.24) is 4.57 Å². The summed E-state index contributed by atoms with van der Waals surface area (Å²) in [4.78, 5) is 0. The minimum atomic E-state index is 0.224. The molecule has 0 aliphatic rings. The molecule has 0 saturated carbocycles. The van der Waals surface area contributed by atoms with Crippen molar-refractivity contribution in [3.05, 3.63) is 261 Å². The summed E-state index contributed by atoms with van der Waals surface area (Å²) in [5.41, 5.74) is 20.6. The zero-order chi connectivity index (χ0) is 45.0. The normalized spacial score (nSPS) is 11.5. The van der Waals surface area contributed by atoms with Crippen LogP contribution in [-0.4, -0.2) is 19.1 Å². The monoisotopic (exact) mass is 929 g/mol. The van der Waals surface area contributed by atoms with Crippen LogP contribution in [0.25, 0.3) is 125 Å². The van der Waals surface area contributed by atoms with Crippen molar-refractivity contribution in [3.8, 4) is 83.6 Å². The standard InChI is InChI=1S/C66H43NSe/c1-5-14-44(15-6-1)47-24-26-49(27-25-47)54-38-55(40-56(39-54)53-32-37-65-62(43-53)59-23-13-22-58(66(59)68-65)50-20-11-4-12-21-50)52-31-36-64-61(42-52)60-41-51(46-18-9-3-10-19-46)30-35-63(60)67(64)57-33-28-48(29-34-57)45-16-7-2-8-17-45/h1-43H. The molecule has 0 fully saturated rings. The molecule has 0 saturated heterocycles. The quantitative estimate of drug-likeness (QED) is 0.134. The van der Waals surface area contributed by atoms with Crippen molar-refractivity contribution in [2.75, 3.05) is 0 Å². The third-order valence-electron chi connectivity index (χ3n) is 13.6. The maximum atomic E-state index is 2.45. The van der Waals surface area contributed by atoms with E-state index in [9.17, 15) is 0 Å². The SMILES string of the molecule is c1ccc(-c2ccc(-c3cc(-c4ccc5[se]c6c(-c7ccccc7)cccc6c5c4)cc(-c4ccc5c(c4)c4cc(-c6ccccc6)ccc4n5-c4ccc(-c5ccccc5)cc4)c3)cc2)cc1. The van der Waals surface area contributed by atoms with Gasteiger partial charge in [-0.1, -0.05) is 109 Å². The van der Waals surface area contributed by atoms with E-state index >= 15 is 0 Å². The van der Waals surface area contributed by atoms with E-state index in [2.05, 4.69) is 265 Å². The Morgan fingerprint density at radius 1 is 0.235 bits per heavy atom. The molecule has 2 heteroatoms. The average molecular weight is 929 g/mol. The third-order valence-corrected chi connectivity index (χ3v) is 16.2. The van der Waals surface area contributed by atoms with Gasteiger partial charge in [0.1, 0.15) is 0 Å². The predicted molar refractivity (Wildman–Crippen MR) is 291 cm³/mol. The van der Waals surface area contributed by atoms with Crippen LogP contribution in [0.2, 0.25) is 0 Å². The Balaban J connectivity index is 0.986. The third kappa shape index (κ3) is 7.19. The second-order valence-electron chi connectivity index (χ2n) is 17.7. The van der Waals surface area contributed by atoms with E-state index in [1.54, 1.807) is 0 Å². The Kier molecular flexibility index (Phi) is 9.94. The first-order valence-corrected chi connectivity index (χ1v) is 25.0. The fraction of sp³-hybridized carbons (Fsp3) is 0. The number of aromatic nitrogens is 1. The molecule has 0 aliphatic heterocycles. The molecule has 11 aromatic carbocycles. The number of rotatable bonds is 8. The minimum absolute atomic E-state index is 0.224. The van der Waals surface area contributed by atoms with E-state index in [0.29, 0.717) is 0 Å². The van der Waals surface area contributed by atoms with Crippen LogP contribution in [0.5, 0.6) is 0 Å². The molecule has 0 radical (unpaired) electrons. The molecule has 0 aliphatic carbocycles. The summed E-state index contributed by atoms with van der Waals surface area (Å²) in [5, 5.41) is 5.18. The number of hydrogen-bond donors (Lipinski definition) is 0. The van der Waals surface area contributed by atoms with Gasteiger partial charge in [-0.15, -0.1) is 0 Å². The fourth-order valence-corrected chi connectivity index (χ4v) is 12.7. The van der Waals surface area contributed by atoms with Gasteiger partial charge < -0.3 is 0 Å². The van der Waals surface area contributed by atoms with Gasteiger partial charge in [0, 0.05) is 5.69 Å². The number of fused-ring (bicyclic) bond motifs is 6. The summed E-state index contributed by atoms with van der Waals surface area (Å²) >= 11 is 0.224. The number of benzene rings is 11. The van der Waals surface area contributed by atoms with E-state index in [-0.39, 0.29) is 14.5 Å². The van der Waals surface area contributed by atoms with Crippen LogP contribution in [0.15, 0.2) is 261 Å². The fourth-order valence-electron chi connectivity index (χ4n) is 10.2. The Labute approximate surface area is 402 Å². The van der Waals surface area contributed by atoms with E-state index in [0.717, 1.165) is 5.69 Å². The maximum Gasteiger partial charge on any atom is -0.0544 e. The summed E-state index contributed by atoms with van der Waals surface area (Å²) in [6.07, 6.45) is 0. The van der Waals surface area contributed by atoms with Crippen molar-refractivity contribution in [1.29, 1.82) is 0 Å². The zero-order valence-corrected chi connectivity index (χ0v) is 38.9. The first-order valence-electron chi connectivity index (χ1n) is 23.3. The van der Waals surface area contributed by atoms with Crippen molar-refractivity contribution in [2.45, 2.75) is 0 Å². The van der Waals surface area contributed by atoms with Gasteiger partial charge in [-0.3, -0.25) is 0 Å². The van der Waals surface area contributed by atoms with Crippen LogP contribution in [-0.2, 0) is 0 Å². The van der Waals surface area contributed by atoms with Crippen LogP contribution >= 0.6 is 0 Å². The van der Waals surface area contributed by atoms with Gasteiger partial charge in [-0.2, -0.15) is 0 Å². The number of hydrogen-bond acceptors (Lipinski definition) is 0. The molecular formula is C66H43NSe. The van der Waals surface area contributed by atoms with Crippen molar-refractivity contribution >= 4 is 55.6 Å². The molecule has 68 heavy (non-hydrogen) atoms. The molecular weight excluding hydrogens is 886 g/mol. The van der Waals surface area contributed by atoms with Crippen LogP contribution in [0.1, 0.15) is 0 Å². The van der Waals surface area contributed by atoms with Gasteiger partial charge in [0.25, 0.3) is 0 Å². The Hall–Kier alpha value is -8.26. The van der Waals surface area contributed by atoms with E-state index in [4.69, 9.17) is 0 Å². The largest absolute Gasteiger partial charge is 0.0617 e. The second-order valence-corrected chi connectivity index (χ2v) is 19.9. The Morgan fingerprint density at radius 2 is 0.618 bits per heavy atom. The molecule has 1 nitrogen and oxygen atoms in total. The van der Waals surface area contributed by atoms with E-state index in [1.165, 1.54) is 119 Å². The maximum absolute atomic E-state index is 2.45. The minimum Gasteiger partial charge on any atom is -0.0617 e. The van der Waals surface area contributed by atoms with Crippen molar-refractivity contribution in [3.63, 3.8) is 0 Å². The summed E-state index contributed by atoms with van der Waals surface area (Å²) < 4.78 is 5.35. The molecule has 2 aromatic heterocycles. The van der Waals surface area contributed by atoms with Gasteiger partial charge >= 0.3 is 249 Å². The Morgan fingerprint density at radius 3 is 1.15 bits per heavy atom. The topological polar surface area (TPSA) is 4.93 Å². The molecule has 2 heterocycles. The first-order chi connectivity index (χ1) is 33.7.